The molecule has 0 aliphatic carbocycles. The number of carbonyl (C=O) groups is 1. The van der Waals surface area contributed by atoms with Crippen molar-refractivity contribution in [1.82, 2.24) is 14.9 Å². The molecule has 130 valence electrons. The first-order valence-electron chi connectivity index (χ1n) is 8.37. The molecule has 2 aromatic heterocycles. The fraction of sp³-hybridized carbons (Fsp3) is 0.588. The van der Waals surface area contributed by atoms with Crippen LogP contribution < -0.4 is 5.56 Å². The Morgan fingerprint density at radius 1 is 1.38 bits per heavy atom. The summed E-state index contributed by atoms with van der Waals surface area (Å²) >= 11 is 1.57. The van der Waals surface area contributed by atoms with Gasteiger partial charge in [-0.2, -0.15) is 0 Å². The number of fused-ring (bicyclic) bond motifs is 1. The molecular formula is C17H23N3O3S. The Labute approximate surface area is 144 Å². The second-order valence-electron chi connectivity index (χ2n) is 6.28. The minimum atomic E-state index is -0.0883. The molecule has 24 heavy (non-hydrogen) atoms. The SMILES string of the molecule is CCOC(=O)C1CCN(Cc2nc3sc(C)c(C)c3c(=O)[nH]2)CC1. The number of rotatable bonds is 4. The third kappa shape index (κ3) is 3.37. The van der Waals surface area contributed by atoms with Gasteiger partial charge < -0.3 is 9.72 Å². The van der Waals surface area contributed by atoms with E-state index in [0.29, 0.717) is 24.4 Å². The third-order valence-corrected chi connectivity index (χ3v) is 5.77. The number of esters is 1. The molecular weight excluding hydrogens is 326 g/mol. The van der Waals surface area contributed by atoms with Crippen LogP contribution >= 0.6 is 11.3 Å². The number of hydrogen-bond donors (Lipinski definition) is 1. The second-order valence-corrected chi connectivity index (χ2v) is 7.48. The predicted octanol–water partition coefficient (Wildman–Crippen LogP) is 2.38. The van der Waals surface area contributed by atoms with E-state index in [0.717, 1.165) is 41.2 Å². The lowest BCUT2D eigenvalue weighted by Gasteiger charge is -2.30. The summed E-state index contributed by atoms with van der Waals surface area (Å²) in [5, 5.41) is 0.710. The molecule has 1 saturated heterocycles. The van der Waals surface area contributed by atoms with E-state index in [9.17, 15) is 9.59 Å². The van der Waals surface area contributed by atoms with Gasteiger partial charge in [0, 0.05) is 4.88 Å². The van der Waals surface area contributed by atoms with Gasteiger partial charge in [0.15, 0.2) is 0 Å². The predicted molar refractivity (Wildman–Crippen MR) is 94.3 cm³/mol. The normalized spacial score (nSPS) is 16.6. The fourth-order valence-electron chi connectivity index (χ4n) is 3.17. The van der Waals surface area contributed by atoms with Crippen molar-refractivity contribution in [2.45, 2.75) is 40.2 Å². The van der Waals surface area contributed by atoms with Gasteiger partial charge in [-0.05, 0) is 52.3 Å². The highest BCUT2D eigenvalue weighted by atomic mass is 32.1. The molecule has 0 radical (unpaired) electrons. The summed E-state index contributed by atoms with van der Waals surface area (Å²) in [5.74, 6) is 0.608. The molecule has 1 aliphatic heterocycles. The van der Waals surface area contributed by atoms with Crippen molar-refractivity contribution < 1.29 is 9.53 Å². The zero-order valence-electron chi connectivity index (χ0n) is 14.3. The molecule has 7 heteroatoms. The number of nitrogens with one attached hydrogen (secondary N) is 1. The van der Waals surface area contributed by atoms with E-state index in [1.807, 2.05) is 20.8 Å². The van der Waals surface area contributed by atoms with Crippen molar-refractivity contribution in [1.29, 1.82) is 0 Å². The molecule has 0 atom stereocenters. The van der Waals surface area contributed by atoms with Gasteiger partial charge in [-0.1, -0.05) is 0 Å². The quantitative estimate of drug-likeness (QED) is 0.858. The molecule has 0 spiro atoms. The van der Waals surface area contributed by atoms with Gasteiger partial charge >= 0.3 is 5.97 Å². The lowest BCUT2D eigenvalue weighted by Crippen LogP contribution is -2.37. The van der Waals surface area contributed by atoms with Crippen LogP contribution in [0, 0.1) is 19.8 Å². The maximum absolute atomic E-state index is 12.3. The number of hydrogen-bond acceptors (Lipinski definition) is 6. The number of likely N-dealkylation sites (tertiary alicyclic amines) is 1. The number of H-pyrrole nitrogens is 1. The molecule has 0 amide bonds. The molecule has 0 aromatic carbocycles. The van der Waals surface area contributed by atoms with Crippen molar-refractivity contribution in [3.63, 3.8) is 0 Å². The van der Waals surface area contributed by atoms with Crippen LogP contribution in [-0.4, -0.2) is 40.5 Å². The van der Waals surface area contributed by atoms with Crippen molar-refractivity contribution in [2.24, 2.45) is 5.92 Å². The Balaban J connectivity index is 1.68. The Kier molecular flexibility index (Phi) is 5.01. The van der Waals surface area contributed by atoms with E-state index in [-0.39, 0.29) is 17.4 Å². The van der Waals surface area contributed by atoms with Crippen molar-refractivity contribution >= 4 is 27.5 Å². The zero-order valence-corrected chi connectivity index (χ0v) is 15.2. The van der Waals surface area contributed by atoms with E-state index in [2.05, 4.69) is 14.9 Å². The standard InChI is InChI=1S/C17H23N3O3S/c1-4-23-17(22)12-5-7-20(8-6-12)9-13-18-15(21)14-10(2)11(3)24-16(14)19-13/h12H,4-9H2,1-3H3,(H,18,19,21). The highest BCUT2D eigenvalue weighted by molar-refractivity contribution is 7.18. The summed E-state index contributed by atoms with van der Waals surface area (Å²) in [6, 6.07) is 0. The van der Waals surface area contributed by atoms with Gasteiger partial charge in [0.25, 0.3) is 5.56 Å². The summed E-state index contributed by atoms with van der Waals surface area (Å²) in [6.07, 6.45) is 1.59. The number of ether oxygens (including phenoxy) is 1. The summed E-state index contributed by atoms with van der Waals surface area (Å²) in [4.78, 5) is 35.8. The van der Waals surface area contributed by atoms with E-state index >= 15 is 0 Å². The maximum Gasteiger partial charge on any atom is 0.309 e. The second kappa shape index (κ2) is 7.03. The lowest BCUT2D eigenvalue weighted by molar-refractivity contribution is -0.149. The number of aromatic nitrogens is 2. The summed E-state index contributed by atoms with van der Waals surface area (Å²) in [5.41, 5.74) is 0.962. The van der Waals surface area contributed by atoms with E-state index in [1.165, 1.54) is 0 Å². The van der Waals surface area contributed by atoms with Crippen molar-refractivity contribution in [3.05, 3.63) is 26.6 Å². The molecule has 1 fully saturated rings. The third-order valence-electron chi connectivity index (χ3n) is 4.67. The van der Waals surface area contributed by atoms with Crippen LogP contribution in [0.3, 0.4) is 0 Å². The molecule has 1 N–H and O–H groups in total. The smallest absolute Gasteiger partial charge is 0.309 e. The Morgan fingerprint density at radius 3 is 2.75 bits per heavy atom. The van der Waals surface area contributed by atoms with Crippen LogP contribution in [-0.2, 0) is 16.1 Å². The maximum atomic E-state index is 12.3. The first-order valence-corrected chi connectivity index (χ1v) is 9.19. The molecule has 6 nitrogen and oxygen atoms in total. The number of piperidine rings is 1. The molecule has 0 saturated carbocycles. The number of nitrogens with zero attached hydrogens (tertiary/aromatic N) is 2. The van der Waals surface area contributed by atoms with Gasteiger partial charge in [-0.15, -0.1) is 11.3 Å². The van der Waals surface area contributed by atoms with Crippen LogP contribution in [0.2, 0.25) is 0 Å². The Hall–Kier alpha value is -1.73. The average molecular weight is 349 g/mol. The van der Waals surface area contributed by atoms with Gasteiger partial charge in [0.2, 0.25) is 0 Å². The van der Waals surface area contributed by atoms with Crippen molar-refractivity contribution in [3.8, 4) is 0 Å². The van der Waals surface area contributed by atoms with E-state index in [1.54, 1.807) is 11.3 Å². The first-order chi connectivity index (χ1) is 11.5. The minimum Gasteiger partial charge on any atom is -0.466 e. The largest absolute Gasteiger partial charge is 0.466 e. The molecule has 2 aromatic rings. The lowest BCUT2D eigenvalue weighted by atomic mass is 9.97. The average Bonchev–Trinajstić information content (AvgIpc) is 2.83. The molecule has 0 bridgehead atoms. The molecule has 1 aliphatic rings. The minimum absolute atomic E-state index is 0.00159. The Morgan fingerprint density at radius 2 is 2.08 bits per heavy atom. The summed E-state index contributed by atoms with van der Waals surface area (Å²) in [7, 11) is 0. The Bertz CT molecular complexity index is 803. The summed E-state index contributed by atoms with van der Waals surface area (Å²) in [6.45, 7) is 8.48. The molecule has 0 unspecified atom stereocenters. The van der Waals surface area contributed by atoms with E-state index < -0.39 is 0 Å². The van der Waals surface area contributed by atoms with Gasteiger partial charge in [-0.3, -0.25) is 14.5 Å². The van der Waals surface area contributed by atoms with Gasteiger partial charge in [-0.25, -0.2) is 4.98 Å². The highest BCUT2D eigenvalue weighted by Gasteiger charge is 2.26. The van der Waals surface area contributed by atoms with Crippen LogP contribution in [0.4, 0.5) is 0 Å². The van der Waals surface area contributed by atoms with Crippen LogP contribution in [0.25, 0.3) is 10.2 Å². The zero-order chi connectivity index (χ0) is 17.3. The van der Waals surface area contributed by atoms with Gasteiger partial charge in [0.1, 0.15) is 10.7 Å². The topological polar surface area (TPSA) is 75.3 Å². The van der Waals surface area contributed by atoms with Gasteiger partial charge in [0.05, 0.1) is 24.5 Å². The number of aryl methyl sites for hydroxylation is 2. The van der Waals surface area contributed by atoms with Crippen LogP contribution in [0.1, 0.15) is 36.0 Å². The van der Waals surface area contributed by atoms with Crippen molar-refractivity contribution in [2.75, 3.05) is 19.7 Å². The highest BCUT2D eigenvalue weighted by Crippen LogP contribution is 2.26. The molecule has 3 rings (SSSR count). The number of thiophene rings is 1. The number of aromatic amines is 1. The fourth-order valence-corrected chi connectivity index (χ4v) is 4.22. The van der Waals surface area contributed by atoms with Crippen LogP contribution in [0.5, 0.6) is 0 Å². The molecule has 3 heterocycles. The van der Waals surface area contributed by atoms with Crippen LogP contribution in [0.15, 0.2) is 4.79 Å². The first kappa shape index (κ1) is 17.1. The summed E-state index contributed by atoms with van der Waals surface area (Å²) < 4.78 is 5.10. The number of carbonyl (C=O) groups excluding carboxylic acids is 1. The monoisotopic (exact) mass is 349 g/mol. The van der Waals surface area contributed by atoms with E-state index in [4.69, 9.17) is 4.74 Å².